The van der Waals surface area contributed by atoms with Gasteiger partial charge in [0.15, 0.2) is 0 Å². The van der Waals surface area contributed by atoms with Crippen molar-refractivity contribution >= 4 is 18.2 Å². The number of benzene rings is 1. The minimum absolute atomic E-state index is 0.253. The van der Waals surface area contributed by atoms with Crippen LogP contribution in [0, 0.1) is 5.92 Å². The van der Waals surface area contributed by atoms with Gasteiger partial charge >= 0.3 is 6.03 Å². The Morgan fingerprint density at radius 1 is 1.26 bits per heavy atom. The van der Waals surface area contributed by atoms with E-state index in [1.165, 1.54) is 0 Å². The molecule has 1 aromatic carbocycles. The molecular weight excluding hydrogens is 294 g/mol. The van der Waals surface area contributed by atoms with Gasteiger partial charge in [-0.3, -0.25) is 4.79 Å². The van der Waals surface area contributed by atoms with E-state index in [9.17, 15) is 9.59 Å². The smallest absolute Gasteiger partial charge is 0.346 e. The van der Waals surface area contributed by atoms with Crippen LogP contribution in [0.15, 0.2) is 29.4 Å². The number of carbonyl (C=O) groups excluding carboxylic acids is 2. The van der Waals surface area contributed by atoms with Gasteiger partial charge in [0.2, 0.25) is 0 Å². The topological polar surface area (TPSA) is 71.0 Å². The largest absolute Gasteiger partial charge is 0.497 e. The lowest BCUT2D eigenvalue weighted by atomic mass is 9.92. The van der Waals surface area contributed by atoms with Crippen LogP contribution in [0.2, 0.25) is 0 Å². The monoisotopic (exact) mass is 317 g/mol. The van der Waals surface area contributed by atoms with E-state index in [1.807, 2.05) is 13.8 Å². The number of hydrogen-bond acceptors (Lipinski definition) is 4. The standard InChI is InChI=1S/C17H23N3O3/c1-5-12(6-2)11-18-20-15(21)17(3,19-16(20)22)13-7-9-14(23-4)10-8-13/h7-12H,5-6H2,1-4H3,(H,19,22)/b18-11-/t17-/m1/s1. The Kier molecular flexibility index (Phi) is 5.03. The molecular formula is C17H23N3O3. The molecule has 3 amide bonds. The zero-order chi connectivity index (χ0) is 17.0. The summed E-state index contributed by atoms with van der Waals surface area (Å²) in [6, 6.07) is 6.55. The van der Waals surface area contributed by atoms with E-state index < -0.39 is 11.6 Å². The molecule has 0 unspecified atom stereocenters. The van der Waals surface area contributed by atoms with Crippen molar-refractivity contribution in [1.82, 2.24) is 10.3 Å². The van der Waals surface area contributed by atoms with Crippen LogP contribution in [-0.4, -0.2) is 30.3 Å². The van der Waals surface area contributed by atoms with Crippen LogP contribution in [-0.2, 0) is 10.3 Å². The molecule has 6 heteroatoms. The molecule has 6 nitrogen and oxygen atoms in total. The number of nitrogens with one attached hydrogen (secondary N) is 1. The molecule has 1 N–H and O–H groups in total. The summed E-state index contributed by atoms with van der Waals surface area (Å²) in [5, 5.41) is 7.75. The van der Waals surface area contributed by atoms with E-state index in [1.54, 1.807) is 44.5 Å². The van der Waals surface area contributed by atoms with E-state index in [2.05, 4.69) is 10.4 Å². The second-order valence-electron chi connectivity index (χ2n) is 5.74. The third-order valence-corrected chi connectivity index (χ3v) is 4.28. The summed E-state index contributed by atoms with van der Waals surface area (Å²) < 4.78 is 5.12. The number of nitrogens with zero attached hydrogens (tertiary/aromatic N) is 2. The molecule has 23 heavy (non-hydrogen) atoms. The predicted molar refractivity (Wildman–Crippen MR) is 88.3 cm³/mol. The zero-order valence-electron chi connectivity index (χ0n) is 14.0. The second-order valence-corrected chi connectivity index (χ2v) is 5.74. The molecule has 0 aromatic heterocycles. The summed E-state index contributed by atoms with van der Waals surface area (Å²) in [5.41, 5.74) is -0.425. The first-order chi connectivity index (χ1) is 11.0. The van der Waals surface area contributed by atoms with Crippen molar-refractivity contribution in [2.24, 2.45) is 11.0 Å². The van der Waals surface area contributed by atoms with Gasteiger partial charge in [-0.1, -0.05) is 26.0 Å². The van der Waals surface area contributed by atoms with Crippen molar-refractivity contribution in [3.8, 4) is 5.75 Å². The Morgan fingerprint density at radius 3 is 2.39 bits per heavy atom. The highest BCUT2D eigenvalue weighted by Gasteiger charge is 2.49. The van der Waals surface area contributed by atoms with Crippen molar-refractivity contribution in [3.63, 3.8) is 0 Å². The fourth-order valence-electron chi connectivity index (χ4n) is 2.51. The molecule has 1 saturated heterocycles. The fourth-order valence-corrected chi connectivity index (χ4v) is 2.51. The van der Waals surface area contributed by atoms with Crippen molar-refractivity contribution in [2.45, 2.75) is 39.2 Å². The Labute approximate surface area is 136 Å². The number of carbonyl (C=O) groups is 2. The summed E-state index contributed by atoms with van der Waals surface area (Å²) >= 11 is 0. The summed E-state index contributed by atoms with van der Waals surface area (Å²) in [5.74, 6) is 0.566. The highest BCUT2D eigenvalue weighted by atomic mass is 16.5. The van der Waals surface area contributed by atoms with Gasteiger partial charge in [0.25, 0.3) is 5.91 Å². The molecule has 1 atom stereocenters. The van der Waals surface area contributed by atoms with Crippen LogP contribution >= 0.6 is 0 Å². The quantitative estimate of drug-likeness (QED) is 0.648. The van der Waals surface area contributed by atoms with E-state index >= 15 is 0 Å². The summed E-state index contributed by atoms with van der Waals surface area (Å²) in [6.07, 6.45) is 3.51. The van der Waals surface area contributed by atoms with Gasteiger partial charge in [0.1, 0.15) is 11.3 Å². The maximum atomic E-state index is 12.7. The molecule has 0 aliphatic carbocycles. The Hall–Kier alpha value is -2.37. The highest BCUT2D eigenvalue weighted by Crippen LogP contribution is 2.30. The molecule has 1 aliphatic rings. The molecule has 1 fully saturated rings. The van der Waals surface area contributed by atoms with Gasteiger partial charge in [-0.2, -0.15) is 5.10 Å². The Balaban J connectivity index is 2.25. The fraction of sp³-hybridized carbons (Fsp3) is 0.471. The SMILES string of the molecule is CCC(/C=N\N1C(=O)N[C@](C)(c2ccc(OC)cc2)C1=O)CC. The van der Waals surface area contributed by atoms with Crippen LogP contribution in [0.25, 0.3) is 0 Å². The summed E-state index contributed by atoms with van der Waals surface area (Å²) in [4.78, 5) is 24.8. The van der Waals surface area contributed by atoms with Crippen LogP contribution < -0.4 is 10.1 Å². The Morgan fingerprint density at radius 2 is 1.87 bits per heavy atom. The molecule has 124 valence electrons. The average molecular weight is 317 g/mol. The first kappa shape index (κ1) is 17.0. The molecule has 0 saturated carbocycles. The number of urea groups is 1. The first-order valence-electron chi connectivity index (χ1n) is 7.81. The van der Waals surface area contributed by atoms with Gasteiger partial charge in [-0.25, -0.2) is 4.79 Å². The third-order valence-electron chi connectivity index (χ3n) is 4.28. The van der Waals surface area contributed by atoms with Gasteiger partial charge in [0.05, 0.1) is 7.11 Å². The molecule has 1 aromatic rings. The van der Waals surface area contributed by atoms with E-state index in [0.29, 0.717) is 11.3 Å². The lowest BCUT2D eigenvalue weighted by Crippen LogP contribution is -2.40. The number of rotatable bonds is 6. The van der Waals surface area contributed by atoms with Crippen LogP contribution in [0.5, 0.6) is 5.75 Å². The second kappa shape index (κ2) is 6.81. The zero-order valence-corrected chi connectivity index (χ0v) is 14.0. The third kappa shape index (κ3) is 3.21. The number of methoxy groups -OCH3 is 1. The normalized spacial score (nSPS) is 21.3. The molecule has 0 bridgehead atoms. The van der Waals surface area contributed by atoms with Gasteiger partial charge in [-0.05, 0) is 43.4 Å². The van der Waals surface area contributed by atoms with Crippen molar-refractivity contribution < 1.29 is 14.3 Å². The van der Waals surface area contributed by atoms with Crippen molar-refractivity contribution in [1.29, 1.82) is 0 Å². The number of hydrazone groups is 1. The minimum Gasteiger partial charge on any atom is -0.497 e. The molecule has 2 rings (SSSR count). The highest BCUT2D eigenvalue weighted by molar-refractivity contribution is 6.07. The maximum absolute atomic E-state index is 12.7. The predicted octanol–water partition coefficient (Wildman–Crippen LogP) is 2.88. The maximum Gasteiger partial charge on any atom is 0.346 e. The van der Waals surface area contributed by atoms with E-state index in [-0.39, 0.29) is 11.8 Å². The van der Waals surface area contributed by atoms with Crippen LogP contribution in [0.1, 0.15) is 39.2 Å². The van der Waals surface area contributed by atoms with Gasteiger partial charge in [-0.15, -0.1) is 5.01 Å². The van der Waals surface area contributed by atoms with Crippen molar-refractivity contribution in [3.05, 3.63) is 29.8 Å². The number of ether oxygens (including phenoxy) is 1. The van der Waals surface area contributed by atoms with Crippen LogP contribution in [0.4, 0.5) is 4.79 Å². The number of hydrogen-bond donors (Lipinski definition) is 1. The lowest BCUT2D eigenvalue weighted by Gasteiger charge is -2.21. The number of imide groups is 1. The summed E-state index contributed by atoms with van der Waals surface area (Å²) in [6.45, 7) is 5.78. The summed E-state index contributed by atoms with van der Waals surface area (Å²) in [7, 11) is 1.58. The lowest BCUT2D eigenvalue weighted by molar-refractivity contribution is -0.131. The van der Waals surface area contributed by atoms with Crippen LogP contribution in [0.3, 0.4) is 0 Å². The molecule has 0 radical (unpaired) electrons. The molecule has 1 heterocycles. The van der Waals surface area contributed by atoms with Gasteiger partial charge < -0.3 is 10.1 Å². The van der Waals surface area contributed by atoms with E-state index in [4.69, 9.17) is 4.74 Å². The molecule has 0 spiro atoms. The van der Waals surface area contributed by atoms with Gasteiger partial charge in [0, 0.05) is 6.21 Å². The Bertz CT molecular complexity index is 608. The van der Waals surface area contributed by atoms with Crippen molar-refractivity contribution in [2.75, 3.05) is 7.11 Å². The van der Waals surface area contributed by atoms with E-state index in [0.717, 1.165) is 17.9 Å². The average Bonchev–Trinajstić information content (AvgIpc) is 2.79. The first-order valence-corrected chi connectivity index (χ1v) is 7.81. The molecule has 1 aliphatic heterocycles. The minimum atomic E-state index is -1.12. The number of amides is 3.